The van der Waals surface area contributed by atoms with Gasteiger partial charge in [-0.3, -0.25) is 9.98 Å². The molecular weight excluding hydrogens is 316 g/mol. The summed E-state index contributed by atoms with van der Waals surface area (Å²) in [5.74, 6) is 0.947. The van der Waals surface area contributed by atoms with E-state index >= 15 is 0 Å². The van der Waals surface area contributed by atoms with Gasteiger partial charge in [0.2, 0.25) is 0 Å². The maximum atomic E-state index is 6.05. The number of nitrogens with one attached hydrogen (secondary N) is 1. The normalized spacial score (nSPS) is 22.4. The van der Waals surface area contributed by atoms with Gasteiger partial charge in [0, 0.05) is 32.9 Å². The van der Waals surface area contributed by atoms with Crippen LogP contribution in [0, 0.1) is 6.92 Å². The summed E-state index contributed by atoms with van der Waals surface area (Å²) in [6.45, 7) is 6.37. The Balaban J connectivity index is 1.41. The molecule has 0 spiro atoms. The number of nitrogens with zero attached hydrogens (tertiary/aromatic N) is 3. The molecule has 0 radical (unpaired) electrons. The number of hydrogen-bond donors (Lipinski definition) is 1. The van der Waals surface area contributed by atoms with E-state index in [2.05, 4.69) is 33.2 Å². The van der Waals surface area contributed by atoms with Gasteiger partial charge in [-0.2, -0.15) is 0 Å². The quantitative estimate of drug-likeness (QED) is 0.654. The predicted octanol–water partition coefficient (Wildman–Crippen LogP) is 2.13. The van der Waals surface area contributed by atoms with E-state index in [1.807, 2.05) is 19.3 Å². The van der Waals surface area contributed by atoms with Crippen molar-refractivity contribution in [3.05, 3.63) is 29.6 Å². The van der Waals surface area contributed by atoms with Crippen molar-refractivity contribution in [3.8, 4) is 0 Å². The van der Waals surface area contributed by atoms with E-state index in [-0.39, 0.29) is 0 Å². The predicted molar refractivity (Wildman–Crippen MR) is 98.7 cm³/mol. The van der Waals surface area contributed by atoms with Gasteiger partial charge < -0.3 is 19.7 Å². The SMILES string of the molecule is CN=C(NCc1ncccc1C)N1CCC(OCC2CCCO2)CC1. The summed E-state index contributed by atoms with van der Waals surface area (Å²) < 4.78 is 11.7. The van der Waals surface area contributed by atoms with Crippen LogP contribution in [0.25, 0.3) is 0 Å². The van der Waals surface area contributed by atoms with Crippen LogP contribution >= 0.6 is 0 Å². The van der Waals surface area contributed by atoms with Gasteiger partial charge in [0.05, 0.1) is 31.1 Å². The minimum atomic E-state index is 0.314. The van der Waals surface area contributed by atoms with Crippen LogP contribution in [0.1, 0.15) is 36.9 Å². The number of aromatic nitrogens is 1. The van der Waals surface area contributed by atoms with Crippen molar-refractivity contribution in [2.75, 3.05) is 33.4 Å². The zero-order valence-corrected chi connectivity index (χ0v) is 15.4. The average molecular weight is 346 g/mol. The summed E-state index contributed by atoms with van der Waals surface area (Å²) >= 11 is 0. The first kappa shape index (κ1) is 18.1. The van der Waals surface area contributed by atoms with Gasteiger partial charge in [-0.05, 0) is 44.2 Å². The lowest BCUT2D eigenvalue weighted by Crippen LogP contribution is -2.47. The summed E-state index contributed by atoms with van der Waals surface area (Å²) in [5, 5.41) is 3.44. The number of guanidine groups is 1. The smallest absolute Gasteiger partial charge is 0.193 e. The van der Waals surface area contributed by atoms with Crippen molar-refractivity contribution < 1.29 is 9.47 Å². The molecule has 1 aromatic rings. The highest BCUT2D eigenvalue weighted by Crippen LogP contribution is 2.18. The molecule has 0 aliphatic carbocycles. The van der Waals surface area contributed by atoms with Gasteiger partial charge >= 0.3 is 0 Å². The molecule has 3 rings (SSSR count). The molecule has 0 saturated carbocycles. The van der Waals surface area contributed by atoms with E-state index < -0.39 is 0 Å². The molecule has 2 aliphatic rings. The molecule has 2 aliphatic heterocycles. The third kappa shape index (κ3) is 5.16. The van der Waals surface area contributed by atoms with E-state index in [4.69, 9.17) is 9.47 Å². The van der Waals surface area contributed by atoms with E-state index in [0.717, 1.165) is 57.2 Å². The van der Waals surface area contributed by atoms with E-state index in [9.17, 15) is 0 Å². The van der Waals surface area contributed by atoms with Crippen molar-refractivity contribution in [2.24, 2.45) is 4.99 Å². The van der Waals surface area contributed by atoms with Gasteiger partial charge in [0.15, 0.2) is 5.96 Å². The zero-order chi connectivity index (χ0) is 17.5. The first-order valence-corrected chi connectivity index (χ1v) is 9.35. The minimum Gasteiger partial charge on any atom is -0.376 e. The number of rotatable bonds is 5. The Labute approximate surface area is 150 Å². The maximum absolute atomic E-state index is 6.05. The van der Waals surface area contributed by atoms with E-state index in [1.165, 1.54) is 12.0 Å². The second kappa shape index (κ2) is 9.15. The minimum absolute atomic E-state index is 0.314. The number of pyridine rings is 1. The molecule has 6 heteroatoms. The Morgan fingerprint density at radius 3 is 2.92 bits per heavy atom. The molecule has 0 aromatic carbocycles. The van der Waals surface area contributed by atoms with Crippen LogP contribution in [0.15, 0.2) is 23.3 Å². The molecular formula is C19H30N4O2. The topological polar surface area (TPSA) is 59.0 Å². The Hall–Kier alpha value is -1.66. The van der Waals surface area contributed by atoms with Gasteiger partial charge in [0.25, 0.3) is 0 Å². The van der Waals surface area contributed by atoms with Crippen molar-refractivity contribution >= 4 is 5.96 Å². The maximum Gasteiger partial charge on any atom is 0.193 e. The number of hydrogen-bond acceptors (Lipinski definition) is 4. The molecule has 1 atom stereocenters. The number of aliphatic imine (C=N–C) groups is 1. The van der Waals surface area contributed by atoms with Crippen LogP contribution in [-0.2, 0) is 16.0 Å². The van der Waals surface area contributed by atoms with Gasteiger partial charge in [-0.1, -0.05) is 6.07 Å². The summed E-state index contributed by atoms with van der Waals surface area (Å²) in [7, 11) is 1.84. The Bertz CT molecular complexity index is 564. The molecule has 2 fully saturated rings. The molecule has 1 N–H and O–H groups in total. The lowest BCUT2D eigenvalue weighted by molar-refractivity contribution is -0.0367. The highest BCUT2D eigenvalue weighted by Gasteiger charge is 2.24. The number of likely N-dealkylation sites (tertiary alicyclic amines) is 1. The molecule has 0 bridgehead atoms. The number of ether oxygens (including phenoxy) is 2. The first-order chi connectivity index (χ1) is 12.3. The van der Waals surface area contributed by atoms with Crippen LogP contribution in [0.5, 0.6) is 0 Å². The number of piperidine rings is 1. The third-order valence-corrected chi connectivity index (χ3v) is 5.03. The molecule has 138 valence electrons. The van der Waals surface area contributed by atoms with Crippen LogP contribution in [0.4, 0.5) is 0 Å². The molecule has 25 heavy (non-hydrogen) atoms. The summed E-state index contributed by atoms with van der Waals surface area (Å²) in [5.41, 5.74) is 2.27. The largest absolute Gasteiger partial charge is 0.376 e. The fourth-order valence-corrected chi connectivity index (χ4v) is 3.45. The van der Waals surface area contributed by atoms with Crippen molar-refractivity contribution in [2.45, 2.75) is 51.4 Å². The van der Waals surface area contributed by atoms with Crippen LogP contribution < -0.4 is 5.32 Å². The summed E-state index contributed by atoms with van der Waals surface area (Å²) in [6, 6.07) is 4.05. The first-order valence-electron chi connectivity index (χ1n) is 9.35. The molecule has 0 amide bonds. The Morgan fingerprint density at radius 1 is 1.40 bits per heavy atom. The van der Waals surface area contributed by atoms with Crippen LogP contribution in [-0.4, -0.2) is 61.4 Å². The Kier molecular flexibility index (Phi) is 6.64. The van der Waals surface area contributed by atoms with Crippen LogP contribution in [0.3, 0.4) is 0 Å². The number of aryl methyl sites for hydroxylation is 1. The third-order valence-electron chi connectivity index (χ3n) is 5.03. The van der Waals surface area contributed by atoms with Crippen LogP contribution in [0.2, 0.25) is 0 Å². The molecule has 3 heterocycles. The lowest BCUT2D eigenvalue weighted by Gasteiger charge is -2.34. The molecule has 6 nitrogen and oxygen atoms in total. The standard InChI is InChI=1S/C19H30N4O2/c1-15-5-3-9-21-18(15)13-22-19(20-2)23-10-7-16(8-11-23)25-14-17-6-4-12-24-17/h3,5,9,16-17H,4,6-8,10-14H2,1-2H3,(H,20,22). The van der Waals surface area contributed by atoms with Crippen molar-refractivity contribution in [1.82, 2.24) is 15.2 Å². The van der Waals surface area contributed by atoms with Gasteiger partial charge in [-0.15, -0.1) is 0 Å². The molecule has 2 saturated heterocycles. The van der Waals surface area contributed by atoms with E-state index in [1.54, 1.807) is 0 Å². The zero-order valence-electron chi connectivity index (χ0n) is 15.4. The Morgan fingerprint density at radius 2 is 2.24 bits per heavy atom. The monoisotopic (exact) mass is 346 g/mol. The summed E-state index contributed by atoms with van der Waals surface area (Å²) in [6.07, 6.45) is 6.88. The lowest BCUT2D eigenvalue weighted by atomic mass is 10.1. The highest BCUT2D eigenvalue weighted by molar-refractivity contribution is 5.79. The fraction of sp³-hybridized carbons (Fsp3) is 0.684. The molecule has 1 aromatic heterocycles. The molecule has 1 unspecified atom stereocenters. The van der Waals surface area contributed by atoms with Gasteiger partial charge in [-0.25, -0.2) is 0 Å². The highest BCUT2D eigenvalue weighted by atomic mass is 16.5. The second-order valence-corrected chi connectivity index (χ2v) is 6.82. The second-order valence-electron chi connectivity index (χ2n) is 6.82. The summed E-state index contributed by atoms with van der Waals surface area (Å²) in [4.78, 5) is 11.2. The van der Waals surface area contributed by atoms with Gasteiger partial charge in [0.1, 0.15) is 0 Å². The van der Waals surface area contributed by atoms with Crippen molar-refractivity contribution in [1.29, 1.82) is 0 Å². The van der Waals surface area contributed by atoms with Crippen molar-refractivity contribution in [3.63, 3.8) is 0 Å². The fourth-order valence-electron chi connectivity index (χ4n) is 3.45. The van der Waals surface area contributed by atoms with E-state index in [0.29, 0.717) is 18.8 Å². The average Bonchev–Trinajstić information content (AvgIpc) is 3.16.